The third kappa shape index (κ3) is 8.87. The van der Waals surface area contributed by atoms with Gasteiger partial charge in [-0.05, 0) is 64.7 Å². The smallest absolute Gasteiger partial charge is 0.408 e. The minimum Gasteiger partial charge on any atom is -0.464 e. The summed E-state index contributed by atoms with van der Waals surface area (Å²) in [5.41, 5.74) is 1.04. The van der Waals surface area contributed by atoms with Crippen molar-refractivity contribution in [2.75, 3.05) is 6.61 Å². The molecule has 0 spiro atoms. The average molecular weight is 442 g/mol. The van der Waals surface area contributed by atoms with Crippen molar-refractivity contribution in [3.63, 3.8) is 0 Å². The molecule has 0 unspecified atom stereocenters. The third-order valence-electron chi connectivity index (χ3n) is 5.03. The molecule has 1 aromatic rings. The molecule has 1 rings (SSSR count). The van der Waals surface area contributed by atoms with Gasteiger partial charge in [-0.1, -0.05) is 20.8 Å². The van der Waals surface area contributed by atoms with E-state index in [0.29, 0.717) is 19.4 Å². The summed E-state index contributed by atoms with van der Waals surface area (Å²) in [6.07, 6.45) is 0.201. The Hall–Kier alpha value is -1.87. The first-order valence-corrected chi connectivity index (χ1v) is 13.4. The summed E-state index contributed by atoms with van der Waals surface area (Å²) in [5.74, 6) is -0.486. The number of aryl methyl sites for hydroxylation is 1. The van der Waals surface area contributed by atoms with Gasteiger partial charge < -0.3 is 19.2 Å². The van der Waals surface area contributed by atoms with Gasteiger partial charge in [-0.25, -0.2) is 9.59 Å². The van der Waals surface area contributed by atoms with Crippen LogP contribution in [0, 0.1) is 0 Å². The molecular weight excluding hydrogens is 402 g/mol. The van der Waals surface area contributed by atoms with Crippen LogP contribution in [0.4, 0.5) is 4.79 Å². The topological polar surface area (TPSA) is 103 Å². The van der Waals surface area contributed by atoms with Crippen molar-refractivity contribution in [1.82, 2.24) is 15.5 Å². The number of esters is 1. The van der Waals surface area contributed by atoms with E-state index >= 15 is 0 Å². The molecule has 0 aromatic carbocycles. The highest BCUT2D eigenvalue weighted by Crippen LogP contribution is 2.36. The monoisotopic (exact) mass is 441 g/mol. The van der Waals surface area contributed by atoms with E-state index in [1.54, 1.807) is 27.7 Å². The molecule has 1 atom stereocenters. The van der Waals surface area contributed by atoms with Crippen molar-refractivity contribution >= 4 is 20.4 Å². The molecule has 0 aliphatic rings. The van der Waals surface area contributed by atoms with E-state index in [4.69, 9.17) is 13.9 Å². The minimum atomic E-state index is -1.85. The number of nitrogens with zero attached hydrogens (tertiary/aromatic N) is 1. The number of nitrogens with one attached hydrogen (secondary N) is 2. The van der Waals surface area contributed by atoms with E-state index in [1.165, 1.54) is 0 Å². The predicted molar refractivity (Wildman–Crippen MR) is 119 cm³/mol. The molecule has 2 N–H and O–H groups in total. The van der Waals surface area contributed by atoms with Crippen LogP contribution in [-0.4, -0.2) is 48.8 Å². The standard InChI is InChI=1S/C21H39N3O5Si/c1-10-27-18(25)17(22-19(26)29-20(2,3)4)12-11-15-13-16(24-23-15)14-28-30(8,9)21(5,6)7/h13,17H,10-12,14H2,1-9H3,(H,22,26)(H,23,24)/t17-/m1/s1. The number of rotatable bonds is 9. The van der Waals surface area contributed by atoms with E-state index in [0.717, 1.165) is 11.4 Å². The number of amides is 1. The predicted octanol–water partition coefficient (Wildman–Crippen LogP) is 4.32. The van der Waals surface area contributed by atoms with Gasteiger partial charge in [0, 0.05) is 0 Å². The fourth-order valence-electron chi connectivity index (χ4n) is 2.32. The Labute approximate surface area is 181 Å². The van der Waals surface area contributed by atoms with Gasteiger partial charge in [-0.2, -0.15) is 5.10 Å². The molecule has 0 fully saturated rings. The van der Waals surface area contributed by atoms with Gasteiger partial charge in [0.1, 0.15) is 11.6 Å². The highest BCUT2D eigenvalue weighted by molar-refractivity contribution is 6.74. The average Bonchev–Trinajstić information content (AvgIpc) is 3.02. The Bertz CT molecular complexity index is 704. The molecule has 1 amide bonds. The molecule has 1 heterocycles. The largest absolute Gasteiger partial charge is 0.464 e. The van der Waals surface area contributed by atoms with Crippen LogP contribution >= 0.6 is 0 Å². The maximum Gasteiger partial charge on any atom is 0.408 e. The Kier molecular flexibility index (Phi) is 9.10. The highest BCUT2D eigenvalue weighted by atomic mass is 28.4. The van der Waals surface area contributed by atoms with Crippen LogP contribution < -0.4 is 5.32 Å². The van der Waals surface area contributed by atoms with Crippen molar-refractivity contribution in [2.45, 2.75) is 97.7 Å². The summed E-state index contributed by atoms with van der Waals surface area (Å²) in [4.78, 5) is 24.3. The van der Waals surface area contributed by atoms with Crippen molar-refractivity contribution in [2.24, 2.45) is 0 Å². The lowest BCUT2D eigenvalue weighted by Crippen LogP contribution is -2.44. The number of ether oxygens (including phenoxy) is 2. The van der Waals surface area contributed by atoms with Crippen LogP contribution in [0.25, 0.3) is 0 Å². The Morgan fingerprint density at radius 2 is 1.83 bits per heavy atom. The van der Waals surface area contributed by atoms with Gasteiger partial charge >= 0.3 is 12.1 Å². The molecule has 0 aliphatic heterocycles. The van der Waals surface area contributed by atoms with Crippen molar-refractivity contribution in [3.05, 3.63) is 17.5 Å². The molecule has 9 heteroatoms. The van der Waals surface area contributed by atoms with Gasteiger partial charge in [0.15, 0.2) is 8.32 Å². The molecule has 1 aromatic heterocycles. The van der Waals surface area contributed by atoms with E-state index in [9.17, 15) is 9.59 Å². The molecule has 8 nitrogen and oxygen atoms in total. The molecular formula is C21H39N3O5Si. The number of carbonyl (C=O) groups excluding carboxylic acids is 2. The van der Waals surface area contributed by atoms with Crippen LogP contribution in [0.5, 0.6) is 0 Å². The Balaban J connectivity index is 2.69. The molecule has 0 bridgehead atoms. The lowest BCUT2D eigenvalue weighted by Gasteiger charge is -2.35. The fourth-order valence-corrected chi connectivity index (χ4v) is 3.27. The van der Waals surface area contributed by atoms with Gasteiger partial charge in [0.25, 0.3) is 0 Å². The van der Waals surface area contributed by atoms with E-state index in [2.05, 4.69) is 49.4 Å². The minimum absolute atomic E-state index is 0.135. The normalized spacial score (nSPS) is 13.6. The third-order valence-corrected chi connectivity index (χ3v) is 9.51. The number of carbonyl (C=O) groups is 2. The fraction of sp³-hybridized carbons (Fsp3) is 0.762. The number of hydrogen-bond acceptors (Lipinski definition) is 6. The first-order chi connectivity index (χ1) is 13.6. The van der Waals surface area contributed by atoms with Crippen LogP contribution in [-0.2, 0) is 31.7 Å². The first kappa shape index (κ1) is 26.2. The zero-order chi connectivity index (χ0) is 23.2. The molecule has 0 saturated heterocycles. The maximum atomic E-state index is 12.2. The molecule has 0 aliphatic carbocycles. The number of H-pyrrole nitrogens is 1. The molecule has 30 heavy (non-hydrogen) atoms. The summed E-state index contributed by atoms with van der Waals surface area (Å²) in [5, 5.41) is 10.0. The summed E-state index contributed by atoms with van der Waals surface area (Å²) in [6, 6.07) is 1.13. The highest BCUT2D eigenvalue weighted by Gasteiger charge is 2.37. The number of aromatic nitrogens is 2. The lowest BCUT2D eigenvalue weighted by molar-refractivity contribution is -0.145. The summed E-state index contributed by atoms with van der Waals surface area (Å²) >= 11 is 0. The zero-order valence-corrected chi connectivity index (χ0v) is 21.0. The van der Waals surface area contributed by atoms with E-state index in [1.807, 2.05) is 6.07 Å². The van der Waals surface area contributed by atoms with Crippen LogP contribution in [0.3, 0.4) is 0 Å². The summed E-state index contributed by atoms with van der Waals surface area (Å²) in [6.45, 7) is 18.7. The maximum absolute atomic E-state index is 12.2. The van der Waals surface area contributed by atoms with Gasteiger partial charge in [-0.15, -0.1) is 0 Å². The van der Waals surface area contributed by atoms with Gasteiger partial charge in [-0.3, -0.25) is 5.10 Å². The zero-order valence-electron chi connectivity index (χ0n) is 20.0. The number of hydrogen-bond donors (Lipinski definition) is 2. The Morgan fingerprint density at radius 1 is 1.20 bits per heavy atom. The van der Waals surface area contributed by atoms with Crippen LogP contribution in [0.2, 0.25) is 18.1 Å². The summed E-state index contributed by atoms with van der Waals surface area (Å²) in [7, 11) is -1.85. The number of alkyl carbamates (subject to hydrolysis) is 1. The SMILES string of the molecule is CCOC(=O)[C@@H](CCc1cc(CO[Si](C)(C)C(C)(C)C)[nH]n1)NC(=O)OC(C)(C)C. The molecule has 172 valence electrons. The van der Waals surface area contributed by atoms with E-state index < -0.39 is 32.0 Å². The van der Waals surface area contributed by atoms with Gasteiger partial charge in [0.05, 0.1) is 24.6 Å². The van der Waals surface area contributed by atoms with Crippen molar-refractivity contribution in [3.8, 4) is 0 Å². The summed E-state index contributed by atoms with van der Waals surface area (Å²) < 4.78 is 16.5. The second-order valence-electron chi connectivity index (χ2n) is 9.92. The van der Waals surface area contributed by atoms with Crippen LogP contribution in [0.1, 0.15) is 66.3 Å². The second kappa shape index (κ2) is 10.4. The molecule has 0 radical (unpaired) electrons. The Morgan fingerprint density at radius 3 is 2.37 bits per heavy atom. The first-order valence-electron chi connectivity index (χ1n) is 10.5. The lowest BCUT2D eigenvalue weighted by atomic mass is 10.1. The van der Waals surface area contributed by atoms with Crippen molar-refractivity contribution < 1.29 is 23.5 Å². The quantitative estimate of drug-likeness (QED) is 0.437. The second-order valence-corrected chi connectivity index (χ2v) is 14.7. The number of aromatic amines is 1. The van der Waals surface area contributed by atoms with E-state index in [-0.39, 0.29) is 11.6 Å². The van der Waals surface area contributed by atoms with Crippen molar-refractivity contribution in [1.29, 1.82) is 0 Å². The van der Waals surface area contributed by atoms with Crippen LogP contribution in [0.15, 0.2) is 6.07 Å². The molecule has 0 saturated carbocycles. The van der Waals surface area contributed by atoms with Gasteiger partial charge in [0.2, 0.25) is 0 Å².